The van der Waals surface area contributed by atoms with Crippen LogP contribution in [-0.2, 0) is 4.74 Å². The Labute approximate surface area is 112 Å². The van der Waals surface area contributed by atoms with Crippen LogP contribution in [0, 0.1) is 0 Å². The molecule has 0 aliphatic carbocycles. The van der Waals surface area contributed by atoms with Crippen molar-refractivity contribution in [3.8, 4) is 0 Å². The van der Waals surface area contributed by atoms with Crippen molar-refractivity contribution in [2.45, 2.75) is 12.5 Å². The molecule has 0 spiro atoms. The van der Waals surface area contributed by atoms with Crippen molar-refractivity contribution in [2.24, 2.45) is 0 Å². The molecule has 3 N–H and O–H groups in total. The monoisotopic (exact) mass is 265 g/mol. The zero-order valence-electron chi connectivity index (χ0n) is 11.0. The van der Waals surface area contributed by atoms with Crippen LogP contribution in [0.25, 0.3) is 0 Å². The predicted octanol–water partition coefficient (Wildman–Crippen LogP) is -0.491. The summed E-state index contributed by atoms with van der Waals surface area (Å²) in [6.45, 7) is 3.38. The number of amides is 1. The number of ether oxygens (including phenoxy) is 1. The topological polar surface area (TPSA) is 93.4 Å². The zero-order chi connectivity index (χ0) is 13.7. The zero-order valence-corrected chi connectivity index (χ0v) is 11.0. The average molecular weight is 265 g/mol. The van der Waals surface area contributed by atoms with Crippen LogP contribution < -0.4 is 11.1 Å². The average Bonchev–Trinajstić information content (AvgIpc) is 2.84. The van der Waals surface area contributed by atoms with Crippen molar-refractivity contribution in [1.29, 1.82) is 0 Å². The second-order valence-electron chi connectivity index (χ2n) is 4.54. The lowest BCUT2D eigenvalue weighted by Crippen LogP contribution is -2.38. The van der Waals surface area contributed by atoms with E-state index in [1.165, 1.54) is 12.4 Å². The van der Waals surface area contributed by atoms with Crippen LogP contribution >= 0.6 is 0 Å². The third-order valence-corrected chi connectivity index (χ3v) is 3.16. The molecule has 0 aromatic carbocycles. The van der Waals surface area contributed by atoms with Gasteiger partial charge in [-0.3, -0.25) is 9.69 Å². The second kappa shape index (κ2) is 6.44. The molecule has 0 saturated carbocycles. The Morgan fingerprint density at radius 1 is 1.58 bits per heavy atom. The highest BCUT2D eigenvalue weighted by Crippen LogP contribution is 2.10. The minimum absolute atomic E-state index is 0.130. The number of aromatic nitrogens is 2. The first-order chi connectivity index (χ1) is 9.20. The fraction of sp³-hybridized carbons (Fsp3) is 0.583. The smallest absolute Gasteiger partial charge is 0.273 e. The minimum atomic E-state index is -0.260. The number of carbonyl (C=O) groups is 1. The third-order valence-electron chi connectivity index (χ3n) is 3.16. The molecular formula is C12H19N5O2. The Morgan fingerprint density at radius 2 is 2.37 bits per heavy atom. The van der Waals surface area contributed by atoms with Crippen molar-refractivity contribution in [2.75, 3.05) is 39.1 Å². The SMILES string of the molecule is COCCN1CC[C@H](NC(=O)c2nccnc2N)C1. The van der Waals surface area contributed by atoms with Crippen molar-refractivity contribution < 1.29 is 9.53 Å². The fourth-order valence-corrected chi connectivity index (χ4v) is 2.15. The van der Waals surface area contributed by atoms with Crippen molar-refractivity contribution in [1.82, 2.24) is 20.2 Å². The van der Waals surface area contributed by atoms with E-state index in [-0.39, 0.29) is 23.5 Å². The molecule has 1 atom stereocenters. The van der Waals surface area contributed by atoms with Gasteiger partial charge >= 0.3 is 0 Å². The second-order valence-corrected chi connectivity index (χ2v) is 4.54. The van der Waals surface area contributed by atoms with Crippen LogP contribution in [0.1, 0.15) is 16.9 Å². The summed E-state index contributed by atoms with van der Waals surface area (Å²) < 4.78 is 5.04. The number of likely N-dealkylation sites (tertiary alicyclic amines) is 1. The Morgan fingerprint density at radius 3 is 3.11 bits per heavy atom. The molecule has 2 heterocycles. The van der Waals surface area contributed by atoms with Crippen LogP contribution in [0.4, 0.5) is 5.82 Å². The number of nitrogen functional groups attached to an aromatic ring is 1. The van der Waals surface area contributed by atoms with Crippen LogP contribution in [0.2, 0.25) is 0 Å². The Bertz CT molecular complexity index is 440. The molecule has 7 heteroatoms. The summed E-state index contributed by atoms with van der Waals surface area (Å²) in [5, 5.41) is 2.94. The summed E-state index contributed by atoms with van der Waals surface area (Å²) in [7, 11) is 1.69. The molecule has 19 heavy (non-hydrogen) atoms. The van der Waals surface area contributed by atoms with Gasteiger partial charge in [0.2, 0.25) is 0 Å². The summed E-state index contributed by atoms with van der Waals surface area (Å²) in [6, 6.07) is 0.130. The highest BCUT2D eigenvalue weighted by molar-refractivity contribution is 5.96. The van der Waals surface area contributed by atoms with E-state index in [4.69, 9.17) is 10.5 Å². The number of nitrogens with zero attached hydrogens (tertiary/aromatic N) is 3. The minimum Gasteiger partial charge on any atom is -0.383 e. The molecule has 0 radical (unpaired) electrons. The molecule has 1 fully saturated rings. The van der Waals surface area contributed by atoms with Gasteiger partial charge in [0.05, 0.1) is 6.61 Å². The van der Waals surface area contributed by atoms with E-state index in [0.717, 1.165) is 26.1 Å². The van der Waals surface area contributed by atoms with Gasteiger partial charge in [0, 0.05) is 45.2 Å². The van der Waals surface area contributed by atoms with E-state index in [0.29, 0.717) is 6.61 Å². The largest absolute Gasteiger partial charge is 0.383 e. The molecule has 1 aromatic rings. The molecule has 0 unspecified atom stereocenters. The van der Waals surface area contributed by atoms with Crippen LogP contribution in [-0.4, -0.2) is 60.2 Å². The Balaban J connectivity index is 1.86. The van der Waals surface area contributed by atoms with Gasteiger partial charge in [0.1, 0.15) is 0 Å². The Kier molecular flexibility index (Phi) is 4.64. The summed E-state index contributed by atoms with van der Waals surface area (Å²) in [6.07, 6.45) is 3.86. The van der Waals surface area contributed by atoms with E-state index in [9.17, 15) is 4.79 Å². The first kappa shape index (κ1) is 13.7. The normalized spacial score (nSPS) is 19.5. The number of nitrogens with two attached hydrogens (primary N) is 1. The number of methoxy groups -OCH3 is 1. The summed E-state index contributed by atoms with van der Waals surface area (Å²) in [5.74, 6) is -0.0987. The maximum Gasteiger partial charge on any atom is 0.273 e. The van der Waals surface area contributed by atoms with Crippen molar-refractivity contribution >= 4 is 11.7 Å². The van der Waals surface area contributed by atoms with Gasteiger partial charge in [-0.25, -0.2) is 9.97 Å². The molecule has 2 rings (SSSR count). The molecule has 1 amide bonds. The standard InChI is InChI=1S/C12H19N5O2/c1-19-7-6-17-5-2-9(8-17)16-12(18)10-11(13)15-4-3-14-10/h3-4,9H,2,5-8H2,1H3,(H2,13,15)(H,16,18)/t9-/m0/s1. The molecule has 1 aliphatic heterocycles. The van der Waals surface area contributed by atoms with E-state index >= 15 is 0 Å². The van der Waals surface area contributed by atoms with E-state index in [1.807, 2.05) is 0 Å². The molecule has 1 aliphatic rings. The van der Waals surface area contributed by atoms with Crippen LogP contribution in [0.15, 0.2) is 12.4 Å². The maximum atomic E-state index is 12.0. The summed E-state index contributed by atoms with van der Waals surface area (Å²) in [4.78, 5) is 22.1. The quantitative estimate of drug-likeness (QED) is 0.746. The molecule has 1 aromatic heterocycles. The molecule has 104 valence electrons. The third kappa shape index (κ3) is 3.62. The van der Waals surface area contributed by atoms with Gasteiger partial charge in [-0.05, 0) is 6.42 Å². The number of hydrogen-bond acceptors (Lipinski definition) is 6. The van der Waals surface area contributed by atoms with Crippen LogP contribution in [0.3, 0.4) is 0 Å². The number of carbonyl (C=O) groups excluding carboxylic acids is 1. The van der Waals surface area contributed by atoms with Gasteiger partial charge in [-0.1, -0.05) is 0 Å². The van der Waals surface area contributed by atoms with E-state index < -0.39 is 0 Å². The van der Waals surface area contributed by atoms with Gasteiger partial charge in [0.15, 0.2) is 11.5 Å². The van der Waals surface area contributed by atoms with Gasteiger partial charge in [-0.15, -0.1) is 0 Å². The lowest BCUT2D eigenvalue weighted by atomic mass is 10.2. The maximum absolute atomic E-state index is 12.0. The van der Waals surface area contributed by atoms with E-state index in [1.54, 1.807) is 7.11 Å². The highest BCUT2D eigenvalue weighted by Gasteiger charge is 2.24. The molecular weight excluding hydrogens is 246 g/mol. The number of hydrogen-bond donors (Lipinski definition) is 2. The van der Waals surface area contributed by atoms with Crippen LogP contribution in [0.5, 0.6) is 0 Å². The fourth-order valence-electron chi connectivity index (χ4n) is 2.15. The van der Waals surface area contributed by atoms with Crippen molar-refractivity contribution in [3.63, 3.8) is 0 Å². The predicted molar refractivity (Wildman–Crippen MR) is 70.6 cm³/mol. The number of rotatable bonds is 5. The van der Waals surface area contributed by atoms with Gasteiger partial charge in [0.25, 0.3) is 5.91 Å². The molecule has 1 saturated heterocycles. The first-order valence-corrected chi connectivity index (χ1v) is 6.29. The van der Waals surface area contributed by atoms with Crippen molar-refractivity contribution in [3.05, 3.63) is 18.1 Å². The lowest BCUT2D eigenvalue weighted by Gasteiger charge is -2.16. The first-order valence-electron chi connectivity index (χ1n) is 6.29. The number of anilines is 1. The lowest BCUT2D eigenvalue weighted by molar-refractivity contribution is 0.0932. The summed E-state index contributed by atoms with van der Waals surface area (Å²) in [5.41, 5.74) is 5.82. The highest BCUT2D eigenvalue weighted by atomic mass is 16.5. The van der Waals surface area contributed by atoms with E-state index in [2.05, 4.69) is 20.2 Å². The molecule has 0 bridgehead atoms. The molecule has 7 nitrogen and oxygen atoms in total. The van der Waals surface area contributed by atoms with Gasteiger partial charge in [-0.2, -0.15) is 0 Å². The summed E-state index contributed by atoms with van der Waals surface area (Å²) >= 11 is 0. The van der Waals surface area contributed by atoms with Gasteiger partial charge < -0.3 is 15.8 Å². The number of nitrogens with one attached hydrogen (secondary N) is 1. The Hall–Kier alpha value is -1.73.